The number of thiocarbonyl (C=S) groups is 1. The largest absolute Gasteiger partial charge is 0.383 e. The Hall–Kier alpha value is -0.980. The molecule has 0 unspecified atom stereocenters. The monoisotopic (exact) mass is 316 g/mol. The van der Waals surface area contributed by atoms with E-state index in [1.165, 1.54) is 0 Å². The lowest BCUT2D eigenvalue weighted by molar-refractivity contribution is 0.0975. The predicted octanol–water partition coefficient (Wildman–Crippen LogP) is 1.70. The van der Waals surface area contributed by atoms with Crippen molar-refractivity contribution in [3.05, 3.63) is 34.3 Å². The molecule has 0 saturated carbocycles. The Kier molecular flexibility index (Phi) is 6.10. The van der Waals surface area contributed by atoms with Gasteiger partial charge in [0.05, 0.1) is 12.2 Å². The molecule has 1 aromatic rings. The lowest BCUT2D eigenvalue weighted by Crippen LogP contribution is -2.40. The Morgan fingerprint density at radius 2 is 2.18 bits per heavy atom. The number of hydrogen-bond acceptors (Lipinski definition) is 3. The molecule has 0 spiro atoms. The molecule has 0 aromatic heterocycles. The van der Waals surface area contributed by atoms with Gasteiger partial charge in [-0.15, -0.1) is 0 Å². The van der Waals surface area contributed by atoms with E-state index in [4.69, 9.17) is 17.0 Å². The first-order valence-electron chi connectivity index (χ1n) is 4.98. The number of amides is 1. The number of hydrogen-bond donors (Lipinski definition) is 2. The molecule has 0 fully saturated rings. The first kappa shape index (κ1) is 14.1. The van der Waals surface area contributed by atoms with Crippen molar-refractivity contribution in [3.63, 3.8) is 0 Å². The van der Waals surface area contributed by atoms with E-state index in [-0.39, 0.29) is 5.91 Å². The maximum Gasteiger partial charge on any atom is 0.258 e. The molecule has 0 bridgehead atoms. The van der Waals surface area contributed by atoms with Gasteiger partial charge in [0.25, 0.3) is 5.91 Å². The summed E-state index contributed by atoms with van der Waals surface area (Å²) in [4.78, 5) is 11.8. The fourth-order valence-corrected chi connectivity index (χ4v) is 1.79. The first-order valence-corrected chi connectivity index (χ1v) is 6.18. The van der Waals surface area contributed by atoms with E-state index >= 15 is 0 Å². The Labute approximate surface area is 114 Å². The summed E-state index contributed by atoms with van der Waals surface area (Å²) < 4.78 is 5.59. The third-order valence-corrected chi connectivity index (χ3v) is 2.88. The van der Waals surface area contributed by atoms with Gasteiger partial charge in [-0.05, 0) is 40.3 Å². The van der Waals surface area contributed by atoms with Crippen LogP contribution in [0.4, 0.5) is 0 Å². The highest BCUT2D eigenvalue weighted by atomic mass is 79.9. The summed E-state index contributed by atoms with van der Waals surface area (Å²) in [6.07, 6.45) is 0. The maximum atomic E-state index is 11.8. The van der Waals surface area contributed by atoms with Gasteiger partial charge >= 0.3 is 0 Å². The summed E-state index contributed by atoms with van der Waals surface area (Å²) in [5.74, 6) is -0.243. The van der Waals surface area contributed by atoms with Crippen molar-refractivity contribution in [1.82, 2.24) is 10.6 Å². The molecule has 0 radical (unpaired) electrons. The minimum Gasteiger partial charge on any atom is -0.383 e. The van der Waals surface area contributed by atoms with Crippen LogP contribution in [0.2, 0.25) is 0 Å². The molecule has 0 heterocycles. The number of halogens is 1. The van der Waals surface area contributed by atoms with Crippen LogP contribution in [0, 0.1) is 0 Å². The third-order valence-electron chi connectivity index (χ3n) is 1.94. The van der Waals surface area contributed by atoms with Gasteiger partial charge in [0.2, 0.25) is 0 Å². The molecule has 17 heavy (non-hydrogen) atoms. The molecule has 1 amide bonds. The number of carbonyl (C=O) groups excluding carboxylic acids is 1. The van der Waals surface area contributed by atoms with Gasteiger partial charge in [0, 0.05) is 18.1 Å². The summed E-state index contributed by atoms with van der Waals surface area (Å²) in [6, 6.07) is 7.16. The summed E-state index contributed by atoms with van der Waals surface area (Å²) in [5, 5.41) is 5.75. The second-order valence-corrected chi connectivity index (χ2v) is 4.45. The molecule has 0 aliphatic heterocycles. The Morgan fingerprint density at radius 1 is 1.47 bits per heavy atom. The van der Waals surface area contributed by atoms with E-state index < -0.39 is 0 Å². The minimum absolute atomic E-state index is 0.243. The van der Waals surface area contributed by atoms with E-state index in [1.807, 2.05) is 6.07 Å². The van der Waals surface area contributed by atoms with Gasteiger partial charge in [-0.3, -0.25) is 10.1 Å². The molecule has 6 heteroatoms. The molecule has 2 N–H and O–H groups in total. The molecular weight excluding hydrogens is 304 g/mol. The average molecular weight is 317 g/mol. The van der Waals surface area contributed by atoms with Crippen molar-refractivity contribution in [2.24, 2.45) is 0 Å². The van der Waals surface area contributed by atoms with Crippen LogP contribution in [0.15, 0.2) is 28.7 Å². The highest BCUT2D eigenvalue weighted by Crippen LogP contribution is 2.15. The van der Waals surface area contributed by atoms with Crippen LogP contribution in [0.3, 0.4) is 0 Å². The molecule has 1 rings (SSSR count). The van der Waals surface area contributed by atoms with Crippen molar-refractivity contribution >= 4 is 39.2 Å². The topological polar surface area (TPSA) is 50.4 Å². The average Bonchev–Trinajstić information content (AvgIpc) is 2.29. The van der Waals surface area contributed by atoms with Gasteiger partial charge in [-0.2, -0.15) is 0 Å². The van der Waals surface area contributed by atoms with Crippen molar-refractivity contribution in [2.75, 3.05) is 20.3 Å². The highest BCUT2D eigenvalue weighted by Gasteiger charge is 2.10. The van der Waals surface area contributed by atoms with Crippen LogP contribution in [0.25, 0.3) is 0 Å². The number of nitrogens with one attached hydrogen (secondary N) is 2. The predicted molar refractivity (Wildman–Crippen MR) is 74.1 cm³/mol. The van der Waals surface area contributed by atoms with Crippen LogP contribution in [-0.4, -0.2) is 31.3 Å². The lowest BCUT2D eigenvalue weighted by atomic mass is 10.2. The maximum absolute atomic E-state index is 11.8. The van der Waals surface area contributed by atoms with Crippen LogP contribution in [0.1, 0.15) is 10.4 Å². The molecule has 0 aliphatic rings. The lowest BCUT2D eigenvalue weighted by Gasteiger charge is -2.09. The summed E-state index contributed by atoms with van der Waals surface area (Å²) in [5.41, 5.74) is 0.545. The quantitative estimate of drug-likeness (QED) is 0.656. The second-order valence-electron chi connectivity index (χ2n) is 3.18. The molecule has 92 valence electrons. The van der Waals surface area contributed by atoms with Gasteiger partial charge in [-0.25, -0.2) is 0 Å². The van der Waals surface area contributed by atoms with E-state index in [9.17, 15) is 4.79 Å². The summed E-state index contributed by atoms with van der Waals surface area (Å²) in [7, 11) is 1.60. The van der Waals surface area contributed by atoms with Crippen LogP contribution in [-0.2, 0) is 4.74 Å². The fourth-order valence-electron chi connectivity index (χ4n) is 1.13. The summed E-state index contributed by atoms with van der Waals surface area (Å²) in [6.45, 7) is 1.09. The Balaban J connectivity index is 2.49. The van der Waals surface area contributed by atoms with Crippen molar-refractivity contribution < 1.29 is 9.53 Å². The number of ether oxygens (including phenoxy) is 1. The third kappa shape index (κ3) is 4.80. The zero-order valence-electron chi connectivity index (χ0n) is 9.33. The molecule has 0 saturated heterocycles. The number of benzene rings is 1. The van der Waals surface area contributed by atoms with Gasteiger partial charge < -0.3 is 10.1 Å². The van der Waals surface area contributed by atoms with E-state index in [1.54, 1.807) is 25.3 Å². The number of methoxy groups -OCH3 is 1. The smallest absolute Gasteiger partial charge is 0.258 e. The van der Waals surface area contributed by atoms with Gasteiger partial charge in [0.1, 0.15) is 0 Å². The zero-order chi connectivity index (χ0) is 12.7. The van der Waals surface area contributed by atoms with Crippen molar-refractivity contribution in [3.8, 4) is 0 Å². The molecule has 0 atom stereocenters. The number of carbonyl (C=O) groups is 1. The van der Waals surface area contributed by atoms with Crippen molar-refractivity contribution in [2.45, 2.75) is 0 Å². The van der Waals surface area contributed by atoms with E-state index in [0.29, 0.717) is 23.8 Å². The Morgan fingerprint density at radius 3 is 2.82 bits per heavy atom. The molecule has 4 nitrogen and oxygen atoms in total. The zero-order valence-corrected chi connectivity index (χ0v) is 11.7. The molecule has 0 aliphatic carbocycles. The standard InChI is InChI=1S/C11H13BrN2O2S/c1-16-7-6-13-11(17)14-10(15)8-4-2-3-5-9(8)12/h2-5H,6-7H2,1H3,(H2,13,14,15,17). The normalized spacial score (nSPS) is 9.76. The van der Waals surface area contributed by atoms with Crippen LogP contribution < -0.4 is 10.6 Å². The SMILES string of the molecule is COCCNC(=S)NC(=O)c1ccccc1Br. The van der Waals surface area contributed by atoms with E-state index in [0.717, 1.165) is 4.47 Å². The van der Waals surface area contributed by atoms with Crippen LogP contribution in [0.5, 0.6) is 0 Å². The number of rotatable bonds is 4. The Bertz CT molecular complexity index is 412. The molecular formula is C11H13BrN2O2S. The van der Waals surface area contributed by atoms with Gasteiger partial charge in [0.15, 0.2) is 5.11 Å². The van der Waals surface area contributed by atoms with E-state index in [2.05, 4.69) is 26.6 Å². The van der Waals surface area contributed by atoms with Gasteiger partial charge in [-0.1, -0.05) is 12.1 Å². The van der Waals surface area contributed by atoms with Crippen LogP contribution >= 0.6 is 28.1 Å². The summed E-state index contributed by atoms with van der Waals surface area (Å²) >= 11 is 8.28. The highest BCUT2D eigenvalue weighted by molar-refractivity contribution is 9.10. The first-order chi connectivity index (χ1) is 8.15. The molecule has 1 aromatic carbocycles. The fraction of sp³-hybridized carbons (Fsp3) is 0.273. The van der Waals surface area contributed by atoms with Crippen molar-refractivity contribution in [1.29, 1.82) is 0 Å². The minimum atomic E-state index is -0.243. The second kappa shape index (κ2) is 7.37.